The van der Waals surface area contributed by atoms with Gasteiger partial charge in [-0.2, -0.15) is 0 Å². The van der Waals surface area contributed by atoms with Crippen molar-refractivity contribution in [1.82, 2.24) is 0 Å². The first-order valence-electron chi connectivity index (χ1n) is 6.08. The number of hydrogen-bond donors (Lipinski definition) is 1. The van der Waals surface area contributed by atoms with Crippen molar-refractivity contribution < 1.29 is 9.90 Å². The summed E-state index contributed by atoms with van der Waals surface area (Å²) in [4.78, 5) is 13.3. The number of carboxylic acids is 1. The summed E-state index contributed by atoms with van der Waals surface area (Å²) in [6, 6.07) is 5.90. The van der Waals surface area contributed by atoms with Gasteiger partial charge in [0.15, 0.2) is 0 Å². The van der Waals surface area contributed by atoms with Gasteiger partial charge in [0.1, 0.15) is 0 Å². The van der Waals surface area contributed by atoms with Crippen LogP contribution in [0.1, 0.15) is 25.8 Å². The predicted molar refractivity (Wildman–Crippen MR) is 73.4 cm³/mol. The maximum absolute atomic E-state index is 11.1. The molecule has 0 amide bonds. The summed E-state index contributed by atoms with van der Waals surface area (Å²) in [6.07, 6.45) is 0.661. The molecule has 98 valence electrons. The highest BCUT2D eigenvalue weighted by Gasteiger charge is 2.41. The van der Waals surface area contributed by atoms with Gasteiger partial charge >= 0.3 is 5.97 Å². The number of carbonyl (C=O) groups is 1. The number of nitrogens with zero attached hydrogens (tertiary/aromatic N) is 1. The SMILES string of the molecule is Cc1ccc(N2CC(C(=O)O)CC2(C)C)cc1Cl. The molecule has 3 nitrogen and oxygen atoms in total. The maximum atomic E-state index is 11.1. The quantitative estimate of drug-likeness (QED) is 0.893. The number of aryl methyl sites for hydroxylation is 1. The number of benzene rings is 1. The Labute approximate surface area is 112 Å². The lowest BCUT2D eigenvalue weighted by Crippen LogP contribution is -2.38. The van der Waals surface area contributed by atoms with E-state index in [0.29, 0.717) is 13.0 Å². The van der Waals surface area contributed by atoms with Gasteiger partial charge in [-0.1, -0.05) is 17.7 Å². The van der Waals surface area contributed by atoms with E-state index in [4.69, 9.17) is 16.7 Å². The Morgan fingerprint density at radius 1 is 1.50 bits per heavy atom. The van der Waals surface area contributed by atoms with Crippen molar-refractivity contribution in [3.8, 4) is 0 Å². The maximum Gasteiger partial charge on any atom is 0.308 e. The standard InChI is InChI=1S/C14H18ClNO2/c1-9-4-5-11(6-12(9)15)16-8-10(13(17)18)7-14(16,2)3/h4-6,10H,7-8H2,1-3H3,(H,17,18). The topological polar surface area (TPSA) is 40.5 Å². The van der Waals surface area contributed by atoms with Crippen LogP contribution in [0.15, 0.2) is 18.2 Å². The summed E-state index contributed by atoms with van der Waals surface area (Å²) >= 11 is 6.14. The van der Waals surface area contributed by atoms with Crippen LogP contribution in [0.25, 0.3) is 0 Å². The van der Waals surface area contributed by atoms with E-state index in [9.17, 15) is 4.79 Å². The van der Waals surface area contributed by atoms with Gasteiger partial charge in [0.25, 0.3) is 0 Å². The Balaban J connectivity index is 2.32. The van der Waals surface area contributed by atoms with Gasteiger partial charge in [-0.15, -0.1) is 0 Å². The highest BCUT2D eigenvalue weighted by molar-refractivity contribution is 6.31. The van der Waals surface area contributed by atoms with Gasteiger partial charge in [-0.25, -0.2) is 0 Å². The molecule has 1 aromatic rings. The fourth-order valence-electron chi connectivity index (χ4n) is 2.62. The summed E-state index contributed by atoms with van der Waals surface area (Å²) in [5.41, 5.74) is 1.88. The highest BCUT2D eigenvalue weighted by Crippen LogP contribution is 2.38. The third-order valence-electron chi connectivity index (χ3n) is 3.70. The van der Waals surface area contributed by atoms with Crippen molar-refractivity contribution in [2.24, 2.45) is 5.92 Å². The molecule has 1 aliphatic heterocycles. The molecule has 0 saturated carbocycles. The molecule has 0 radical (unpaired) electrons. The van der Waals surface area contributed by atoms with E-state index in [-0.39, 0.29) is 11.5 Å². The summed E-state index contributed by atoms with van der Waals surface area (Å²) in [5, 5.41) is 9.88. The molecule has 1 aromatic carbocycles. The van der Waals surface area contributed by atoms with Crippen molar-refractivity contribution in [3.63, 3.8) is 0 Å². The third kappa shape index (κ3) is 2.32. The van der Waals surface area contributed by atoms with Crippen molar-refractivity contribution in [1.29, 1.82) is 0 Å². The second-order valence-electron chi connectivity index (χ2n) is 5.60. The molecule has 0 bridgehead atoms. The number of aliphatic carboxylic acids is 1. The number of halogens is 1. The number of anilines is 1. The van der Waals surface area contributed by atoms with Crippen molar-refractivity contribution in [2.45, 2.75) is 32.7 Å². The van der Waals surface area contributed by atoms with Crippen LogP contribution in [0.5, 0.6) is 0 Å². The zero-order valence-corrected chi connectivity index (χ0v) is 11.7. The Bertz CT molecular complexity index is 485. The van der Waals surface area contributed by atoms with E-state index >= 15 is 0 Å². The summed E-state index contributed by atoms with van der Waals surface area (Å²) in [6.45, 7) is 6.65. The average molecular weight is 268 g/mol. The Morgan fingerprint density at radius 3 is 2.67 bits per heavy atom. The molecule has 1 atom stereocenters. The minimum atomic E-state index is -0.719. The normalized spacial score (nSPS) is 22.2. The monoisotopic (exact) mass is 267 g/mol. The number of carboxylic acid groups (broad SMARTS) is 1. The summed E-state index contributed by atoms with van der Waals surface area (Å²) in [5.74, 6) is -1.02. The van der Waals surface area contributed by atoms with Gasteiger partial charge in [0.2, 0.25) is 0 Å². The van der Waals surface area contributed by atoms with Gasteiger partial charge in [-0.3, -0.25) is 4.79 Å². The second kappa shape index (κ2) is 4.47. The molecule has 1 heterocycles. The van der Waals surface area contributed by atoms with Gasteiger partial charge < -0.3 is 10.0 Å². The molecule has 0 spiro atoms. The van der Waals surface area contributed by atoms with Gasteiger partial charge in [0, 0.05) is 22.8 Å². The van der Waals surface area contributed by atoms with Crippen LogP contribution in [0, 0.1) is 12.8 Å². The first-order valence-corrected chi connectivity index (χ1v) is 6.45. The van der Waals surface area contributed by atoms with Gasteiger partial charge in [0.05, 0.1) is 5.92 Å². The first kappa shape index (κ1) is 13.2. The molecular formula is C14H18ClNO2. The lowest BCUT2D eigenvalue weighted by atomic mass is 9.96. The van der Waals surface area contributed by atoms with Crippen LogP contribution in [-0.2, 0) is 4.79 Å². The van der Waals surface area contributed by atoms with Crippen molar-refractivity contribution >= 4 is 23.3 Å². The van der Waals surface area contributed by atoms with Gasteiger partial charge in [-0.05, 0) is 44.9 Å². The van der Waals surface area contributed by atoms with Crippen molar-refractivity contribution in [3.05, 3.63) is 28.8 Å². The fraction of sp³-hybridized carbons (Fsp3) is 0.500. The summed E-state index contributed by atoms with van der Waals surface area (Å²) < 4.78 is 0. The Kier molecular flexibility index (Phi) is 3.28. The van der Waals surface area contributed by atoms with Crippen LogP contribution >= 0.6 is 11.6 Å². The zero-order valence-electron chi connectivity index (χ0n) is 10.9. The highest BCUT2D eigenvalue weighted by atomic mass is 35.5. The molecule has 2 rings (SSSR count). The van der Waals surface area contributed by atoms with E-state index in [1.54, 1.807) is 0 Å². The van der Waals surface area contributed by atoms with Crippen LogP contribution in [0.2, 0.25) is 5.02 Å². The Morgan fingerprint density at radius 2 is 2.17 bits per heavy atom. The third-order valence-corrected chi connectivity index (χ3v) is 4.10. The molecule has 4 heteroatoms. The summed E-state index contributed by atoms with van der Waals surface area (Å²) in [7, 11) is 0. The molecule has 0 aromatic heterocycles. The molecule has 18 heavy (non-hydrogen) atoms. The largest absolute Gasteiger partial charge is 0.481 e. The molecule has 1 aliphatic rings. The zero-order chi connectivity index (χ0) is 13.5. The number of hydrogen-bond acceptors (Lipinski definition) is 2. The molecular weight excluding hydrogens is 250 g/mol. The first-order chi connectivity index (χ1) is 8.31. The molecule has 1 N–H and O–H groups in total. The van der Waals surface area contributed by atoms with E-state index in [1.807, 2.05) is 25.1 Å². The molecule has 1 fully saturated rings. The Hall–Kier alpha value is -1.22. The van der Waals surface area contributed by atoms with E-state index in [1.165, 1.54) is 0 Å². The minimum absolute atomic E-state index is 0.151. The molecule has 1 unspecified atom stereocenters. The second-order valence-corrected chi connectivity index (χ2v) is 6.00. The smallest absolute Gasteiger partial charge is 0.308 e. The lowest BCUT2D eigenvalue weighted by molar-refractivity contribution is -0.141. The predicted octanol–water partition coefficient (Wildman–Crippen LogP) is 3.34. The number of rotatable bonds is 2. The van der Waals surface area contributed by atoms with Crippen LogP contribution in [0.4, 0.5) is 5.69 Å². The van der Waals surface area contributed by atoms with Crippen LogP contribution in [0.3, 0.4) is 0 Å². The van der Waals surface area contributed by atoms with E-state index < -0.39 is 5.97 Å². The lowest BCUT2D eigenvalue weighted by Gasteiger charge is -2.33. The van der Waals surface area contributed by atoms with Crippen LogP contribution < -0.4 is 4.90 Å². The average Bonchev–Trinajstić information content (AvgIpc) is 2.59. The van der Waals surface area contributed by atoms with E-state index in [0.717, 1.165) is 16.3 Å². The molecule has 1 saturated heterocycles. The molecule has 0 aliphatic carbocycles. The van der Waals surface area contributed by atoms with Crippen LogP contribution in [-0.4, -0.2) is 23.2 Å². The van der Waals surface area contributed by atoms with E-state index in [2.05, 4.69) is 18.7 Å². The minimum Gasteiger partial charge on any atom is -0.481 e. The van der Waals surface area contributed by atoms with Crippen molar-refractivity contribution in [2.75, 3.05) is 11.4 Å². The fourth-order valence-corrected chi connectivity index (χ4v) is 2.79.